The summed E-state index contributed by atoms with van der Waals surface area (Å²) in [5.74, 6) is 0.122. The number of rotatable bonds is 7. The summed E-state index contributed by atoms with van der Waals surface area (Å²) >= 11 is 0. The maximum absolute atomic E-state index is 13.0. The molecule has 0 aliphatic rings. The minimum Gasteiger partial charge on any atom is -0.309 e. The average Bonchev–Trinajstić information content (AvgIpc) is 2.37. The average molecular weight is 267 g/mol. The summed E-state index contributed by atoms with van der Waals surface area (Å²) in [6.45, 7) is 10.5. The fraction of sp³-hybridized carbons (Fsp3) is 0.667. The number of aromatic nitrogens is 1. The van der Waals surface area contributed by atoms with E-state index in [2.05, 4.69) is 49.9 Å². The Balaban J connectivity index is 2.78. The quantitative estimate of drug-likeness (QED) is 0.823. The Hall–Kier alpha value is -1.00. The largest absolute Gasteiger partial charge is 0.309 e. The molecule has 0 fully saturated rings. The first kappa shape index (κ1) is 16.1. The van der Waals surface area contributed by atoms with Crippen LogP contribution in [-0.2, 0) is 0 Å². The number of nitrogens with zero attached hydrogens (tertiary/aromatic N) is 2. The first-order valence-corrected chi connectivity index (χ1v) is 7.00. The van der Waals surface area contributed by atoms with Gasteiger partial charge in [0.15, 0.2) is 0 Å². The molecule has 4 heteroatoms. The van der Waals surface area contributed by atoms with Gasteiger partial charge < -0.3 is 10.2 Å². The third-order valence-corrected chi connectivity index (χ3v) is 3.52. The molecule has 1 aromatic rings. The van der Waals surface area contributed by atoms with Crippen molar-refractivity contribution in [1.29, 1.82) is 0 Å². The summed E-state index contributed by atoms with van der Waals surface area (Å²) in [4.78, 5) is 6.53. The molecule has 1 aromatic heterocycles. The van der Waals surface area contributed by atoms with Crippen LogP contribution >= 0.6 is 0 Å². The molecule has 1 rings (SSSR count). The summed E-state index contributed by atoms with van der Waals surface area (Å²) in [6, 6.07) is 3.93. The zero-order valence-corrected chi connectivity index (χ0v) is 12.7. The molecule has 0 amide bonds. The Morgan fingerprint density at radius 1 is 1.32 bits per heavy atom. The highest BCUT2D eigenvalue weighted by atomic mass is 19.1. The van der Waals surface area contributed by atoms with Gasteiger partial charge in [0.1, 0.15) is 5.82 Å². The Bertz CT molecular complexity index is 364. The van der Waals surface area contributed by atoms with E-state index in [9.17, 15) is 4.39 Å². The Kier molecular flexibility index (Phi) is 6.38. The second-order valence-corrected chi connectivity index (χ2v) is 5.45. The topological polar surface area (TPSA) is 28.2 Å². The van der Waals surface area contributed by atoms with Crippen LogP contribution in [0.2, 0.25) is 0 Å². The van der Waals surface area contributed by atoms with Gasteiger partial charge in [-0.1, -0.05) is 13.8 Å². The van der Waals surface area contributed by atoms with E-state index >= 15 is 0 Å². The highest BCUT2D eigenvalue weighted by Gasteiger charge is 2.21. The van der Waals surface area contributed by atoms with Gasteiger partial charge in [-0.2, -0.15) is 0 Å². The third kappa shape index (κ3) is 4.88. The van der Waals surface area contributed by atoms with Gasteiger partial charge >= 0.3 is 0 Å². The van der Waals surface area contributed by atoms with Crippen LogP contribution in [0.1, 0.15) is 39.4 Å². The van der Waals surface area contributed by atoms with Gasteiger partial charge in [-0.25, -0.2) is 4.39 Å². The summed E-state index contributed by atoms with van der Waals surface area (Å²) in [5.41, 5.74) is 0.910. The summed E-state index contributed by atoms with van der Waals surface area (Å²) in [6.07, 6.45) is 1.29. The van der Waals surface area contributed by atoms with Gasteiger partial charge in [-0.05, 0) is 45.5 Å². The normalized spacial score (nSPS) is 14.9. The van der Waals surface area contributed by atoms with Gasteiger partial charge in [-0.15, -0.1) is 0 Å². The predicted octanol–water partition coefficient (Wildman–Crippen LogP) is 2.85. The number of pyridine rings is 1. The maximum atomic E-state index is 13.0. The van der Waals surface area contributed by atoms with E-state index in [0.717, 1.165) is 18.8 Å². The van der Waals surface area contributed by atoms with Crippen molar-refractivity contribution in [2.45, 2.75) is 39.8 Å². The molecule has 0 aliphatic heterocycles. The van der Waals surface area contributed by atoms with Gasteiger partial charge in [0.2, 0.25) is 0 Å². The Labute approximate surface area is 116 Å². The van der Waals surface area contributed by atoms with E-state index < -0.39 is 0 Å². The molecule has 3 nitrogen and oxygen atoms in total. The van der Waals surface area contributed by atoms with Crippen LogP contribution in [-0.4, -0.2) is 36.1 Å². The standard InChI is InChI=1S/C15H26FN3/c1-6-17-15(12(4)10-19(5)11(2)3)14-8-7-13(16)9-18-14/h7-9,11-12,15,17H,6,10H2,1-5H3. The number of nitrogens with one attached hydrogen (secondary N) is 1. The van der Waals surface area contributed by atoms with Crippen molar-refractivity contribution in [2.24, 2.45) is 5.92 Å². The molecule has 19 heavy (non-hydrogen) atoms. The molecule has 1 N–H and O–H groups in total. The number of hydrogen-bond donors (Lipinski definition) is 1. The van der Waals surface area contributed by atoms with Crippen molar-refractivity contribution >= 4 is 0 Å². The summed E-state index contributed by atoms with van der Waals surface area (Å²) in [7, 11) is 2.13. The molecule has 0 saturated heterocycles. The maximum Gasteiger partial charge on any atom is 0.141 e. The summed E-state index contributed by atoms with van der Waals surface area (Å²) in [5, 5.41) is 3.45. The van der Waals surface area contributed by atoms with E-state index in [1.54, 1.807) is 6.07 Å². The minimum absolute atomic E-state index is 0.159. The number of halogens is 1. The van der Waals surface area contributed by atoms with Gasteiger partial charge in [0.25, 0.3) is 0 Å². The van der Waals surface area contributed by atoms with E-state index in [0.29, 0.717) is 12.0 Å². The number of hydrogen-bond acceptors (Lipinski definition) is 3. The second-order valence-electron chi connectivity index (χ2n) is 5.45. The highest BCUT2D eigenvalue weighted by Crippen LogP contribution is 2.21. The van der Waals surface area contributed by atoms with E-state index in [-0.39, 0.29) is 11.9 Å². The smallest absolute Gasteiger partial charge is 0.141 e. The molecule has 0 aromatic carbocycles. The van der Waals surface area contributed by atoms with Gasteiger partial charge in [0.05, 0.1) is 17.9 Å². The Morgan fingerprint density at radius 2 is 2.00 bits per heavy atom. The minimum atomic E-state index is -0.286. The lowest BCUT2D eigenvalue weighted by atomic mass is 9.97. The molecule has 0 saturated carbocycles. The van der Waals surface area contributed by atoms with Crippen molar-refractivity contribution in [3.8, 4) is 0 Å². The molecule has 0 aliphatic carbocycles. The monoisotopic (exact) mass is 267 g/mol. The third-order valence-electron chi connectivity index (χ3n) is 3.52. The highest BCUT2D eigenvalue weighted by molar-refractivity contribution is 5.11. The van der Waals surface area contributed by atoms with Crippen LogP contribution in [0.5, 0.6) is 0 Å². The van der Waals surface area contributed by atoms with E-state index in [4.69, 9.17) is 0 Å². The SMILES string of the molecule is CCNC(c1ccc(F)cn1)C(C)CN(C)C(C)C. The zero-order valence-electron chi connectivity index (χ0n) is 12.7. The molecule has 2 unspecified atom stereocenters. The fourth-order valence-corrected chi connectivity index (χ4v) is 2.16. The lowest BCUT2D eigenvalue weighted by molar-refractivity contribution is 0.209. The first-order valence-electron chi connectivity index (χ1n) is 7.00. The lowest BCUT2D eigenvalue weighted by Gasteiger charge is -2.30. The van der Waals surface area contributed by atoms with Crippen LogP contribution in [0, 0.1) is 11.7 Å². The molecule has 1 heterocycles. The summed E-state index contributed by atoms with van der Waals surface area (Å²) < 4.78 is 13.0. The van der Waals surface area contributed by atoms with Crippen LogP contribution in [0.3, 0.4) is 0 Å². The molecule has 0 bridgehead atoms. The van der Waals surface area contributed by atoms with Crippen LogP contribution < -0.4 is 5.32 Å². The van der Waals surface area contributed by atoms with Crippen LogP contribution in [0.15, 0.2) is 18.3 Å². The van der Waals surface area contributed by atoms with Gasteiger partial charge in [-0.3, -0.25) is 4.98 Å². The molecule has 0 spiro atoms. The van der Waals surface area contributed by atoms with Crippen molar-refractivity contribution < 1.29 is 4.39 Å². The predicted molar refractivity (Wildman–Crippen MR) is 77.5 cm³/mol. The van der Waals surface area contributed by atoms with E-state index in [1.807, 2.05) is 0 Å². The molecular weight excluding hydrogens is 241 g/mol. The molecule has 0 radical (unpaired) electrons. The van der Waals surface area contributed by atoms with Crippen molar-refractivity contribution in [2.75, 3.05) is 20.1 Å². The first-order chi connectivity index (χ1) is 8.95. The lowest BCUT2D eigenvalue weighted by Crippen LogP contribution is -2.37. The van der Waals surface area contributed by atoms with Gasteiger partial charge in [0, 0.05) is 12.6 Å². The van der Waals surface area contributed by atoms with Crippen LogP contribution in [0.4, 0.5) is 4.39 Å². The van der Waals surface area contributed by atoms with Crippen molar-refractivity contribution in [3.63, 3.8) is 0 Å². The van der Waals surface area contributed by atoms with Crippen molar-refractivity contribution in [1.82, 2.24) is 15.2 Å². The van der Waals surface area contributed by atoms with Crippen LogP contribution in [0.25, 0.3) is 0 Å². The Morgan fingerprint density at radius 3 is 2.47 bits per heavy atom. The molecule has 2 atom stereocenters. The zero-order chi connectivity index (χ0) is 14.4. The molecule has 108 valence electrons. The molecular formula is C15H26FN3. The fourth-order valence-electron chi connectivity index (χ4n) is 2.16. The van der Waals surface area contributed by atoms with Crippen molar-refractivity contribution in [3.05, 3.63) is 29.8 Å². The van der Waals surface area contributed by atoms with E-state index in [1.165, 1.54) is 12.3 Å². The second kappa shape index (κ2) is 7.56.